The van der Waals surface area contributed by atoms with E-state index in [0.29, 0.717) is 60.6 Å². The predicted molar refractivity (Wildman–Crippen MR) is 142 cm³/mol. The van der Waals surface area contributed by atoms with Crippen molar-refractivity contribution < 1.29 is 19.1 Å². The zero-order valence-electron chi connectivity index (χ0n) is 22.0. The van der Waals surface area contributed by atoms with E-state index in [2.05, 4.69) is 42.0 Å². The molecule has 2 atom stereocenters. The Hall–Kier alpha value is -2.50. The summed E-state index contributed by atoms with van der Waals surface area (Å²) in [5.74, 6) is -0.130. The van der Waals surface area contributed by atoms with Crippen LogP contribution < -0.4 is 11.1 Å². The predicted octanol–water partition coefficient (Wildman–Crippen LogP) is 3.32. The van der Waals surface area contributed by atoms with Gasteiger partial charge in [0.2, 0.25) is 0 Å². The lowest BCUT2D eigenvalue weighted by Crippen LogP contribution is -2.53. The van der Waals surface area contributed by atoms with Crippen molar-refractivity contribution in [2.75, 3.05) is 37.4 Å². The van der Waals surface area contributed by atoms with Gasteiger partial charge < -0.3 is 25.4 Å². The fraction of sp³-hybridized carbons (Fsp3) is 0.680. The second kappa shape index (κ2) is 11.3. The van der Waals surface area contributed by atoms with E-state index in [0.717, 1.165) is 31.7 Å². The fourth-order valence-corrected chi connectivity index (χ4v) is 5.90. The fourth-order valence-electron chi connectivity index (χ4n) is 5.14. The Balaban J connectivity index is 1.50. The molecule has 0 aliphatic carbocycles. The molecule has 0 radical (unpaired) electrons. The Morgan fingerprint density at radius 3 is 2.67 bits per heavy atom. The Labute approximate surface area is 213 Å². The van der Waals surface area contributed by atoms with Crippen molar-refractivity contribution in [1.82, 2.24) is 19.7 Å². The van der Waals surface area contributed by atoms with Gasteiger partial charge in [0.1, 0.15) is 12.5 Å². The van der Waals surface area contributed by atoms with Crippen LogP contribution in [0.5, 0.6) is 0 Å². The number of piperidine rings is 1. The molecule has 10 nitrogen and oxygen atoms in total. The molecule has 2 fully saturated rings. The van der Waals surface area contributed by atoms with E-state index in [1.165, 1.54) is 6.20 Å². The maximum atomic E-state index is 13.4. The van der Waals surface area contributed by atoms with Gasteiger partial charge >= 0.3 is 11.8 Å². The third-order valence-electron chi connectivity index (χ3n) is 7.29. The van der Waals surface area contributed by atoms with Gasteiger partial charge in [-0.25, -0.2) is 9.67 Å². The molecule has 4 rings (SSSR count). The van der Waals surface area contributed by atoms with Crippen LogP contribution in [-0.4, -0.2) is 72.0 Å². The molecule has 0 saturated carbocycles. The number of carbonyl (C=O) groups excluding carboxylic acids is 2. The van der Waals surface area contributed by atoms with Crippen LogP contribution in [0.25, 0.3) is 10.9 Å². The van der Waals surface area contributed by atoms with E-state index >= 15 is 0 Å². The van der Waals surface area contributed by atoms with Crippen LogP contribution >= 0.6 is 0 Å². The zero-order valence-corrected chi connectivity index (χ0v) is 23.0. The number of hydrogen-bond donors (Lipinski definition) is 2. The standard InChI is InChI=1S/C25H40N6O4Si/c1-17-5-6-21(18-7-9-34-10-8-18)30(15-17)25(33)24(32)29-20-14-27-23(26)19-13-28-31(22(19)20)16-35-11-12-36(2,3)4/h13-14,17-18,21H,5-12,15-16H2,1-4H3,(H2,26,27)(H,29,32)/t17-,21+/m0/s1. The van der Waals surface area contributed by atoms with Gasteiger partial charge in [-0.1, -0.05) is 26.6 Å². The molecule has 0 spiro atoms. The molecule has 2 aromatic rings. The van der Waals surface area contributed by atoms with Crippen LogP contribution in [0.3, 0.4) is 0 Å². The third kappa shape index (κ3) is 6.24. The molecule has 4 heterocycles. The van der Waals surface area contributed by atoms with Gasteiger partial charge in [-0.15, -0.1) is 0 Å². The molecule has 3 N–H and O–H groups in total. The van der Waals surface area contributed by atoms with Crippen LogP contribution in [0, 0.1) is 11.8 Å². The number of likely N-dealkylation sites (tertiary alicyclic amines) is 1. The van der Waals surface area contributed by atoms with Gasteiger partial charge in [0.25, 0.3) is 0 Å². The lowest BCUT2D eigenvalue weighted by Gasteiger charge is -2.43. The van der Waals surface area contributed by atoms with Crippen molar-refractivity contribution in [1.29, 1.82) is 0 Å². The Bertz CT molecular complexity index is 1080. The summed E-state index contributed by atoms with van der Waals surface area (Å²) in [6, 6.07) is 1.11. The average Bonchev–Trinajstić information content (AvgIpc) is 3.28. The number of pyridine rings is 1. The molecule has 2 saturated heterocycles. The van der Waals surface area contributed by atoms with Crippen molar-refractivity contribution >= 4 is 42.3 Å². The van der Waals surface area contributed by atoms with Gasteiger partial charge in [0.15, 0.2) is 0 Å². The number of anilines is 2. The van der Waals surface area contributed by atoms with E-state index in [9.17, 15) is 9.59 Å². The summed E-state index contributed by atoms with van der Waals surface area (Å²) < 4.78 is 13.1. The minimum Gasteiger partial charge on any atom is -0.383 e. The molecule has 2 amide bonds. The number of hydrogen-bond acceptors (Lipinski definition) is 7. The number of rotatable bonds is 7. The Morgan fingerprint density at radius 1 is 1.19 bits per heavy atom. The van der Waals surface area contributed by atoms with Crippen LogP contribution in [0.15, 0.2) is 12.4 Å². The summed E-state index contributed by atoms with van der Waals surface area (Å²) in [5.41, 5.74) is 7.08. The van der Waals surface area contributed by atoms with Gasteiger partial charge in [0, 0.05) is 40.5 Å². The molecule has 0 aromatic carbocycles. The number of amides is 2. The topological polar surface area (TPSA) is 125 Å². The summed E-state index contributed by atoms with van der Waals surface area (Å²) >= 11 is 0. The largest absolute Gasteiger partial charge is 0.383 e. The number of nitrogens with two attached hydrogens (primary N) is 1. The Kier molecular flexibility index (Phi) is 8.31. The molecule has 0 unspecified atom stereocenters. The third-order valence-corrected chi connectivity index (χ3v) is 8.99. The normalized spacial score (nSPS) is 21.6. The SMILES string of the molecule is C[C@H]1CC[C@H](C2CCOCC2)N(C(=O)C(=O)Nc2cnc(N)c3cnn(COCC[Si](C)(C)C)c23)C1. The highest BCUT2D eigenvalue weighted by molar-refractivity contribution is 6.76. The quantitative estimate of drug-likeness (QED) is 0.329. The van der Waals surface area contributed by atoms with Gasteiger partial charge in [0.05, 0.1) is 29.0 Å². The number of ether oxygens (including phenoxy) is 2. The van der Waals surface area contributed by atoms with Gasteiger partial charge in [-0.3, -0.25) is 9.59 Å². The lowest BCUT2D eigenvalue weighted by atomic mass is 9.82. The lowest BCUT2D eigenvalue weighted by molar-refractivity contribution is -0.148. The van der Waals surface area contributed by atoms with Crippen molar-refractivity contribution in [2.24, 2.45) is 11.8 Å². The van der Waals surface area contributed by atoms with E-state index in [1.807, 2.05) is 0 Å². The molecule has 2 aliphatic rings. The average molecular weight is 517 g/mol. The van der Waals surface area contributed by atoms with Crippen molar-refractivity contribution in [3.05, 3.63) is 12.4 Å². The molecule has 198 valence electrons. The second-order valence-electron chi connectivity index (χ2n) is 11.4. The van der Waals surface area contributed by atoms with E-state index in [4.69, 9.17) is 15.2 Å². The Morgan fingerprint density at radius 2 is 1.94 bits per heavy atom. The number of nitrogens with one attached hydrogen (secondary N) is 1. The monoisotopic (exact) mass is 516 g/mol. The molecule has 2 aliphatic heterocycles. The summed E-state index contributed by atoms with van der Waals surface area (Å²) in [5, 5.41) is 7.82. The maximum absolute atomic E-state index is 13.4. The van der Waals surface area contributed by atoms with Crippen LogP contribution in [0.4, 0.5) is 11.5 Å². The first-order valence-corrected chi connectivity index (χ1v) is 16.7. The van der Waals surface area contributed by atoms with Gasteiger partial charge in [-0.2, -0.15) is 5.10 Å². The highest BCUT2D eigenvalue weighted by Gasteiger charge is 2.38. The number of nitrogens with zero attached hydrogens (tertiary/aromatic N) is 4. The minimum atomic E-state index is -1.22. The molecule has 36 heavy (non-hydrogen) atoms. The second-order valence-corrected chi connectivity index (χ2v) is 17.0. The summed E-state index contributed by atoms with van der Waals surface area (Å²) in [6.45, 7) is 11.9. The zero-order chi connectivity index (χ0) is 25.9. The van der Waals surface area contributed by atoms with E-state index in [1.54, 1.807) is 15.8 Å². The number of carbonyl (C=O) groups is 2. The maximum Gasteiger partial charge on any atom is 0.314 e. The van der Waals surface area contributed by atoms with Crippen molar-refractivity contribution in [2.45, 2.75) is 71.1 Å². The molecule has 0 bridgehead atoms. The first kappa shape index (κ1) is 26.6. The smallest absolute Gasteiger partial charge is 0.314 e. The van der Waals surface area contributed by atoms with Crippen molar-refractivity contribution in [3.63, 3.8) is 0 Å². The van der Waals surface area contributed by atoms with E-state index < -0.39 is 19.9 Å². The highest BCUT2D eigenvalue weighted by Crippen LogP contribution is 2.32. The summed E-state index contributed by atoms with van der Waals surface area (Å²) in [7, 11) is -1.22. The minimum absolute atomic E-state index is 0.0678. The van der Waals surface area contributed by atoms with Crippen molar-refractivity contribution in [3.8, 4) is 0 Å². The van der Waals surface area contributed by atoms with Crippen LogP contribution in [0.1, 0.15) is 32.6 Å². The molecular weight excluding hydrogens is 476 g/mol. The number of aromatic nitrogens is 3. The van der Waals surface area contributed by atoms with E-state index in [-0.39, 0.29) is 12.8 Å². The summed E-state index contributed by atoms with van der Waals surface area (Å²) in [4.78, 5) is 32.7. The molecule has 2 aromatic heterocycles. The number of nitrogen functional groups attached to an aromatic ring is 1. The first-order chi connectivity index (χ1) is 17.1. The highest BCUT2D eigenvalue weighted by atomic mass is 28.3. The van der Waals surface area contributed by atoms with Crippen LogP contribution in [-0.2, 0) is 25.8 Å². The summed E-state index contributed by atoms with van der Waals surface area (Å²) in [6.07, 6.45) is 6.92. The molecular formula is C25H40N6O4Si. The number of fused-ring (bicyclic) bond motifs is 1. The van der Waals surface area contributed by atoms with Gasteiger partial charge in [-0.05, 0) is 43.6 Å². The molecule has 11 heteroatoms. The first-order valence-electron chi connectivity index (χ1n) is 13.0. The van der Waals surface area contributed by atoms with Crippen LogP contribution in [0.2, 0.25) is 25.7 Å².